The summed E-state index contributed by atoms with van der Waals surface area (Å²) in [7, 11) is 0. The molecule has 1 atom stereocenters. The molecule has 2 rings (SSSR count). The summed E-state index contributed by atoms with van der Waals surface area (Å²) in [5.41, 5.74) is 3.39. The zero-order valence-electron chi connectivity index (χ0n) is 11.2. The van der Waals surface area contributed by atoms with Gasteiger partial charge in [0.2, 0.25) is 0 Å². The van der Waals surface area contributed by atoms with E-state index in [1.165, 1.54) is 11.3 Å². The first-order chi connectivity index (χ1) is 9.22. The zero-order chi connectivity index (χ0) is 13.7. The lowest BCUT2D eigenvalue weighted by Crippen LogP contribution is -2.37. The number of carbonyl (C=O) groups excluding carboxylic acids is 1. The summed E-state index contributed by atoms with van der Waals surface area (Å²) in [6, 6.07) is 10.3. The highest BCUT2D eigenvalue weighted by Crippen LogP contribution is 2.15. The molecule has 0 bridgehead atoms. The van der Waals surface area contributed by atoms with Crippen molar-refractivity contribution < 1.29 is 4.79 Å². The third kappa shape index (κ3) is 3.41. The standard InChI is InChI=1S/C15H18N2OS/c1-3-12(2)17(9-13-7-5-4-6-8-13)15(18)14-10-19-11-16-14/h4-8,10-12H,3,9H2,1-2H3. The predicted octanol–water partition coefficient (Wildman–Crippen LogP) is 3.58. The minimum atomic E-state index is 0.0134. The Labute approximate surface area is 117 Å². The molecule has 1 heterocycles. The second-order valence-electron chi connectivity index (χ2n) is 4.55. The van der Waals surface area contributed by atoms with E-state index in [-0.39, 0.29) is 11.9 Å². The van der Waals surface area contributed by atoms with Gasteiger partial charge in [-0.15, -0.1) is 11.3 Å². The van der Waals surface area contributed by atoms with Crippen LogP contribution in [0.2, 0.25) is 0 Å². The number of amides is 1. The number of nitrogens with zero attached hydrogens (tertiary/aromatic N) is 2. The van der Waals surface area contributed by atoms with Crippen molar-refractivity contribution in [3.05, 3.63) is 52.5 Å². The van der Waals surface area contributed by atoms with Crippen LogP contribution in [0.4, 0.5) is 0 Å². The molecule has 1 aromatic carbocycles. The summed E-state index contributed by atoms with van der Waals surface area (Å²) in [6.45, 7) is 4.80. The summed E-state index contributed by atoms with van der Waals surface area (Å²) in [5.74, 6) is 0.0134. The first kappa shape index (κ1) is 13.7. The number of thiazole rings is 1. The van der Waals surface area contributed by atoms with E-state index in [1.807, 2.05) is 40.6 Å². The topological polar surface area (TPSA) is 33.2 Å². The second kappa shape index (κ2) is 6.48. The lowest BCUT2D eigenvalue weighted by atomic mass is 10.1. The maximum atomic E-state index is 12.5. The number of carbonyl (C=O) groups is 1. The number of aromatic nitrogens is 1. The van der Waals surface area contributed by atoms with Gasteiger partial charge in [0.05, 0.1) is 5.51 Å². The summed E-state index contributed by atoms with van der Waals surface area (Å²) in [4.78, 5) is 18.5. The van der Waals surface area contributed by atoms with Crippen molar-refractivity contribution in [1.82, 2.24) is 9.88 Å². The van der Waals surface area contributed by atoms with Crippen LogP contribution in [0.25, 0.3) is 0 Å². The zero-order valence-corrected chi connectivity index (χ0v) is 12.1. The van der Waals surface area contributed by atoms with E-state index in [0.29, 0.717) is 12.2 Å². The molecule has 0 aliphatic rings. The number of hydrogen-bond donors (Lipinski definition) is 0. The molecule has 0 saturated carbocycles. The van der Waals surface area contributed by atoms with Gasteiger partial charge in [-0.1, -0.05) is 37.3 Å². The Morgan fingerprint density at radius 3 is 2.68 bits per heavy atom. The van der Waals surface area contributed by atoms with Crippen LogP contribution >= 0.6 is 11.3 Å². The van der Waals surface area contributed by atoms with E-state index in [0.717, 1.165) is 12.0 Å². The van der Waals surface area contributed by atoms with Crippen molar-refractivity contribution in [3.8, 4) is 0 Å². The molecule has 19 heavy (non-hydrogen) atoms. The van der Waals surface area contributed by atoms with Crippen LogP contribution in [0.15, 0.2) is 41.2 Å². The fourth-order valence-corrected chi connectivity index (χ4v) is 2.42. The van der Waals surface area contributed by atoms with Gasteiger partial charge in [-0.05, 0) is 18.9 Å². The average molecular weight is 274 g/mol. The molecule has 4 heteroatoms. The van der Waals surface area contributed by atoms with Crippen LogP contribution in [0.3, 0.4) is 0 Å². The molecule has 1 amide bonds. The van der Waals surface area contributed by atoms with Gasteiger partial charge in [0, 0.05) is 18.0 Å². The molecule has 0 radical (unpaired) electrons. The predicted molar refractivity (Wildman–Crippen MR) is 78.2 cm³/mol. The van der Waals surface area contributed by atoms with Crippen LogP contribution in [0, 0.1) is 0 Å². The highest BCUT2D eigenvalue weighted by atomic mass is 32.1. The van der Waals surface area contributed by atoms with Crippen molar-refractivity contribution in [1.29, 1.82) is 0 Å². The quantitative estimate of drug-likeness (QED) is 0.835. The first-order valence-electron chi connectivity index (χ1n) is 6.45. The van der Waals surface area contributed by atoms with Crippen LogP contribution in [-0.4, -0.2) is 21.8 Å². The molecule has 100 valence electrons. The van der Waals surface area contributed by atoms with E-state index in [4.69, 9.17) is 0 Å². The fraction of sp³-hybridized carbons (Fsp3) is 0.333. The van der Waals surface area contributed by atoms with E-state index < -0.39 is 0 Å². The molecule has 1 unspecified atom stereocenters. The molecule has 0 saturated heterocycles. The molecule has 0 fully saturated rings. The first-order valence-corrected chi connectivity index (χ1v) is 7.39. The summed E-state index contributed by atoms with van der Waals surface area (Å²) < 4.78 is 0. The normalized spacial score (nSPS) is 12.1. The smallest absolute Gasteiger partial charge is 0.273 e. The lowest BCUT2D eigenvalue weighted by Gasteiger charge is -2.28. The Balaban J connectivity index is 2.19. The summed E-state index contributed by atoms with van der Waals surface area (Å²) in [6.07, 6.45) is 0.933. The molecule has 0 aliphatic heterocycles. The highest BCUT2D eigenvalue weighted by Gasteiger charge is 2.21. The Bertz CT molecular complexity index is 510. The summed E-state index contributed by atoms with van der Waals surface area (Å²) in [5, 5.41) is 1.81. The largest absolute Gasteiger partial charge is 0.330 e. The third-order valence-electron chi connectivity index (χ3n) is 3.23. The SMILES string of the molecule is CCC(C)N(Cc1ccccc1)C(=O)c1cscn1. The molecular weight excluding hydrogens is 256 g/mol. The van der Waals surface area contributed by atoms with Crippen LogP contribution in [-0.2, 0) is 6.54 Å². The fourth-order valence-electron chi connectivity index (χ4n) is 1.89. The number of benzene rings is 1. The van der Waals surface area contributed by atoms with Gasteiger partial charge in [-0.2, -0.15) is 0 Å². The molecule has 0 spiro atoms. The van der Waals surface area contributed by atoms with Gasteiger partial charge < -0.3 is 4.90 Å². The Hall–Kier alpha value is -1.68. The average Bonchev–Trinajstić information content (AvgIpc) is 2.98. The van der Waals surface area contributed by atoms with Gasteiger partial charge in [0.15, 0.2) is 0 Å². The van der Waals surface area contributed by atoms with Crippen LogP contribution in [0.5, 0.6) is 0 Å². The highest BCUT2D eigenvalue weighted by molar-refractivity contribution is 7.07. The number of hydrogen-bond acceptors (Lipinski definition) is 3. The van der Waals surface area contributed by atoms with Crippen molar-refractivity contribution in [3.63, 3.8) is 0 Å². The van der Waals surface area contributed by atoms with E-state index in [9.17, 15) is 4.79 Å². The maximum absolute atomic E-state index is 12.5. The minimum Gasteiger partial charge on any atom is -0.330 e. The molecule has 0 N–H and O–H groups in total. The van der Waals surface area contributed by atoms with Gasteiger partial charge in [0.1, 0.15) is 5.69 Å². The maximum Gasteiger partial charge on any atom is 0.273 e. The van der Waals surface area contributed by atoms with Crippen molar-refractivity contribution >= 4 is 17.2 Å². The van der Waals surface area contributed by atoms with E-state index in [2.05, 4.69) is 18.8 Å². The van der Waals surface area contributed by atoms with Crippen molar-refractivity contribution in [2.24, 2.45) is 0 Å². The van der Waals surface area contributed by atoms with Crippen LogP contribution in [0.1, 0.15) is 36.3 Å². The Morgan fingerprint density at radius 1 is 1.37 bits per heavy atom. The van der Waals surface area contributed by atoms with Gasteiger partial charge >= 0.3 is 0 Å². The molecule has 0 aliphatic carbocycles. The van der Waals surface area contributed by atoms with Crippen molar-refractivity contribution in [2.45, 2.75) is 32.9 Å². The van der Waals surface area contributed by atoms with Crippen molar-refractivity contribution in [2.75, 3.05) is 0 Å². The molecule has 1 aromatic heterocycles. The van der Waals surface area contributed by atoms with Gasteiger partial charge in [0.25, 0.3) is 5.91 Å². The van der Waals surface area contributed by atoms with Gasteiger partial charge in [-0.25, -0.2) is 4.98 Å². The third-order valence-corrected chi connectivity index (χ3v) is 3.82. The number of rotatable bonds is 5. The molecular formula is C15H18N2OS. The minimum absolute atomic E-state index is 0.0134. The lowest BCUT2D eigenvalue weighted by molar-refractivity contribution is 0.0666. The second-order valence-corrected chi connectivity index (χ2v) is 5.27. The monoisotopic (exact) mass is 274 g/mol. The molecule has 3 nitrogen and oxygen atoms in total. The molecule has 2 aromatic rings. The van der Waals surface area contributed by atoms with E-state index >= 15 is 0 Å². The summed E-state index contributed by atoms with van der Waals surface area (Å²) >= 11 is 1.45. The van der Waals surface area contributed by atoms with E-state index in [1.54, 1.807) is 5.51 Å². The Morgan fingerprint density at radius 2 is 2.11 bits per heavy atom. The van der Waals surface area contributed by atoms with Crippen LogP contribution < -0.4 is 0 Å². The Kier molecular flexibility index (Phi) is 4.68. The van der Waals surface area contributed by atoms with Gasteiger partial charge in [-0.3, -0.25) is 4.79 Å².